The van der Waals surface area contributed by atoms with E-state index >= 15 is 0 Å². The monoisotopic (exact) mass is 488 g/mol. The van der Waals surface area contributed by atoms with E-state index in [9.17, 15) is 8.42 Å². The summed E-state index contributed by atoms with van der Waals surface area (Å²) < 4.78 is 27.8. The molecule has 32 heavy (non-hydrogen) atoms. The number of H-pyrrole nitrogens is 1. The van der Waals surface area contributed by atoms with Gasteiger partial charge in [0.25, 0.3) is 0 Å². The Labute approximate surface area is 195 Å². The van der Waals surface area contributed by atoms with Gasteiger partial charge in [-0.15, -0.1) is 10.2 Å². The third-order valence-corrected chi connectivity index (χ3v) is 8.88. The summed E-state index contributed by atoms with van der Waals surface area (Å²) in [7, 11) is -3.51. The Kier molecular flexibility index (Phi) is 6.79. The van der Waals surface area contributed by atoms with Gasteiger partial charge in [-0.1, -0.05) is 49.1 Å². The molecule has 4 rings (SSSR count). The Morgan fingerprint density at radius 1 is 1.12 bits per heavy atom. The van der Waals surface area contributed by atoms with Crippen LogP contribution in [0.1, 0.15) is 25.2 Å². The summed E-state index contributed by atoms with van der Waals surface area (Å²) in [5.74, 6) is 1.33. The number of fused-ring (bicyclic) bond motifs is 1. The van der Waals surface area contributed by atoms with E-state index in [2.05, 4.69) is 31.5 Å². The highest BCUT2D eigenvalue weighted by molar-refractivity contribution is 8.00. The fourth-order valence-electron chi connectivity index (χ4n) is 3.28. The molecule has 0 radical (unpaired) electrons. The molecule has 0 atom stereocenters. The predicted molar refractivity (Wildman–Crippen MR) is 130 cm³/mol. The lowest BCUT2D eigenvalue weighted by molar-refractivity contribution is 0.445. The standard InChI is InChI=1S/C21H24N6O2S3/c1-4-27(5-2)32(28,29)16-9-10-17-18(12-16)24-19(23-17)13-30-21-26-25-20(31-21)22-15-8-6-7-14(3)11-15/h6-12H,4-5,13H2,1-3H3,(H,22,25)(H,23,24). The van der Waals surface area contributed by atoms with E-state index in [1.807, 2.05) is 39.0 Å². The molecule has 0 saturated heterocycles. The number of hydrogen-bond donors (Lipinski definition) is 2. The Balaban J connectivity index is 1.44. The first kappa shape index (κ1) is 22.7. The van der Waals surface area contributed by atoms with Crippen molar-refractivity contribution in [3.05, 3.63) is 53.9 Å². The zero-order chi connectivity index (χ0) is 22.7. The molecule has 2 aromatic heterocycles. The second-order valence-electron chi connectivity index (χ2n) is 7.11. The largest absolute Gasteiger partial charge is 0.341 e. The van der Waals surface area contributed by atoms with Crippen molar-refractivity contribution in [2.45, 2.75) is 35.8 Å². The van der Waals surface area contributed by atoms with Crippen molar-refractivity contribution >= 4 is 55.0 Å². The Hall–Kier alpha value is -2.47. The highest BCUT2D eigenvalue weighted by Gasteiger charge is 2.22. The van der Waals surface area contributed by atoms with E-state index < -0.39 is 10.0 Å². The van der Waals surface area contributed by atoms with E-state index in [-0.39, 0.29) is 4.90 Å². The van der Waals surface area contributed by atoms with Crippen molar-refractivity contribution in [1.29, 1.82) is 0 Å². The first-order valence-corrected chi connectivity index (χ1v) is 13.4. The van der Waals surface area contributed by atoms with Gasteiger partial charge >= 0.3 is 0 Å². The van der Waals surface area contributed by atoms with Crippen molar-refractivity contribution in [2.75, 3.05) is 18.4 Å². The molecule has 0 fully saturated rings. The summed E-state index contributed by atoms with van der Waals surface area (Å²) in [5.41, 5.74) is 3.59. The smallest absolute Gasteiger partial charge is 0.243 e. The van der Waals surface area contributed by atoms with Gasteiger partial charge in [0.1, 0.15) is 5.82 Å². The van der Waals surface area contributed by atoms with Crippen LogP contribution < -0.4 is 5.32 Å². The van der Waals surface area contributed by atoms with Crippen LogP contribution in [0.4, 0.5) is 10.8 Å². The predicted octanol–water partition coefficient (Wildman–Crippen LogP) is 4.79. The molecule has 0 amide bonds. The molecule has 0 bridgehead atoms. The number of anilines is 2. The topological polar surface area (TPSA) is 104 Å². The molecule has 168 valence electrons. The third kappa shape index (κ3) is 4.96. The van der Waals surface area contributed by atoms with Crippen LogP contribution >= 0.6 is 23.1 Å². The highest BCUT2D eigenvalue weighted by atomic mass is 32.2. The lowest BCUT2D eigenvalue weighted by Crippen LogP contribution is -2.30. The van der Waals surface area contributed by atoms with Crippen LogP contribution in [0.3, 0.4) is 0 Å². The van der Waals surface area contributed by atoms with Crippen LogP contribution in [0.15, 0.2) is 51.7 Å². The van der Waals surface area contributed by atoms with Gasteiger partial charge in [-0.3, -0.25) is 0 Å². The van der Waals surface area contributed by atoms with E-state index in [1.54, 1.807) is 18.2 Å². The van der Waals surface area contributed by atoms with Crippen molar-refractivity contribution in [3.8, 4) is 0 Å². The van der Waals surface area contributed by atoms with E-state index in [0.717, 1.165) is 26.5 Å². The summed E-state index contributed by atoms with van der Waals surface area (Å²) >= 11 is 3.01. The van der Waals surface area contributed by atoms with Crippen LogP contribution in [0.5, 0.6) is 0 Å². The lowest BCUT2D eigenvalue weighted by atomic mass is 10.2. The molecular formula is C21H24N6O2S3. The fraction of sp³-hybridized carbons (Fsp3) is 0.286. The zero-order valence-electron chi connectivity index (χ0n) is 18.0. The minimum atomic E-state index is -3.51. The van der Waals surface area contributed by atoms with Gasteiger partial charge in [0, 0.05) is 18.8 Å². The maximum Gasteiger partial charge on any atom is 0.243 e. The maximum atomic E-state index is 12.8. The summed E-state index contributed by atoms with van der Waals surface area (Å²) in [6.45, 7) is 6.58. The molecule has 4 aromatic rings. The van der Waals surface area contributed by atoms with E-state index in [1.165, 1.54) is 33.0 Å². The van der Waals surface area contributed by atoms with Gasteiger partial charge in [0.05, 0.1) is 21.7 Å². The van der Waals surface area contributed by atoms with Crippen LogP contribution in [0, 0.1) is 6.92 Å². The van der Waals surface area contributed by atoms with Gasteiger partial charge < -0.3 is 10.3 Å². The Morgan fingerprint density at radius 2 is 1.94 bits per heavy atom. The Morgan fingerprint density at radius 3 is 2.69 bits per heavy atom. The summed E-state index contributed by atoms with van der Waals surface area (Å²) in [5, 5.41) is 12.4. The van der Waals surface area contributed by atoms with Crippen LogP contribution in [0.25, 0.3) is 11.0 Å². The second kappa shape index (κ2) is 9.57. The second-order valence-corrected chi connectivity index (χ2v) is 11.2. The number of imidazole rings is 1. The quantitative estimate of drug-likeness (QED) is 0.326. The molecule has 0 saturated carbocycles. The maximum absolute atomic E-state index is 12.8. The molecule has 0 aliphatic rings. The number of aromatic nitrogens is 4. The molecule has 0 spiro atoms. The Bertz CT molecular complexity index is 1330. The van der Waals surface area contributed by atoms with Crippen LogP contribution in [0.2, 0.25) is 0 Å². The van der Waals surface area contributed by atoms with Crippen LogP contribution in [-0.2, 0) is 15.8 Å². The van der Waals surface area contributed by atoms with Gasteiger partial charge in [0.2, 0.25) is 15.2 Å². The molecule has 0 aliphatic carbocycles. The molecule has 2 N–H and O–H groups in total. The number of thioether (sulfide) groups is 1. The van der Waals surface area contributed by atoms with Gasteiger partial charge in [-0.25, -0.2) is 13.4 Å². The molecule has 2 heterocycles. The average molecular weight is 489 g/mol. The number of nitrogens with zero attached hydrogens (tertiary/aromatic N) is 4. The fourth-order valence-corrected chi connectivity index (χ4v) is 6.41. The number of nitrogens with one attached hydrogen (secondary N) is 2. The SMILES string of the molecule is CCN(CC)S(=O)(=O)c1ccc2nc(CSc3nnc(Nc4cccc(C)c4)s3)[nH]c2c1. The molecule has 0 unspecified atom stereocenters. The molecule has 8 nitrogen and oxygen atoms in total. The number of sulfonamides is 1. The number of rotatable bonds is 9. The van der Waals surface area contributed by atoms with Gasteiger partial charge in [-0.05, 0) is 42.8 Å². The normalized spacial score (nSPS) is 12.0. The molecule has 0 aliphatic heterocycles. The van der Waals surface area contributed by atoms with Crippen LogP contribution in [-0.4, -0.2) is 46.0 Å². The zero-order valence-corrected chi connectivity index (χ0v) is 20.4. The number of aromatic amines is 1. The van der Waals surface area contributed by atoms with Crippen molar-refractivity contribution in [3.63, 3.8) is 0 Å². The third-order valence-electron chi connectivity index (χ3n) is 4.85. The number of benzene rings is 2. The van der Waals surface area contributed by atoms with Crippen molar-refractivity contribution in [1.82, 2.24) is 24.5 Å². The summed E-state index contributed by atoms with van der Waals surface area (Å²) in [4.78, 5) is 8.08. The molecule has 11 heteroatoms. The summed E-state index contributed by atoms with van der Waals surface area (Å²) in [6, 6.07) is 13.1. The van der Waals surface area contributed by atoms with Gasteiger partial charge in [-0.2, -0.15) is 4.31 Å². The van der Waals surface area contributed by atoms with Crippen molar-refractivity contribution < 1.29 is 8.42 Å². The van der Waals surface area contributed by atoms with Gasteiger partial charge in [0.15, 0.2) is 4.34 Å². The van der Waals surface area contributed by atoms with E-state index in [0.29, 0.717) is 24.4 Å². The summed E-state index contributed by atoms with van der Waals surface area (Å²) in [6.07, 6.45) is 0. The van der Waals surface area contributed by atoms with E-state index in [4.69, 9.17) is 0 Å². The molecule has 2 aromatic carbocycles. The number of aryl methyl sites for hydroxylation is 1. The highest BCUT2D eigenvalue weighted by Crippen LogP contribution is 2.30. The minimum absolute atomic E-state index is 0.271. The first-order chi connectivity index (χ1) is 15.4. The number of hydrogen-bond acceptors (Lipinski definition) is 8. The lowest BCUT2D eigenvalue weighted by Gasteiger charge is -2.18. The van der Waals surface area contributed by atoms with Crippen molar-refractivity contribution in [2.24, 2.45) is 0 Å². The minimum Gasteiger partial charge on any atom is -0.341 e. The molecular weight excluding hydrogens is 464 g/mol. The first-order valence-electron chi connectivity index (χ1n) is 10.2. The average Bonchev–Trinajstić information content (AvgIpc) is 3.38.